The molecule has 34 heavy (non-hydrogen) atoms. The maximum Gasteiger partial charge on any atom is 0.490 e. The Morgan fingerprint density at radius 2 is 1.74 bits per heavy atom. The van der Waals surface area contributed by atoms with E-state index < -0.39 is 12.1 Å². The van der Waals surface area contributed by atoms with Gasteiger partial charge in [-0.15, -0.1) is 0 Å². The van der Waals surface area contributed by atoms with Crippen LogP contribution in [0.5, 0.6) is 0 Å². The summed E-state index contributed by atoms with van der Waals surface area (Å²) in [6.45, 7) is 7.87. The fourth-order valence-electron chi connectivity index (χ4n) is 3.36. The van der Waals surface area contributed by atoms with Crippen molar-refractivity contribution >= 4 is 23.7 Å². The molecule has 11 heteroatoms. The molecule has 1 aliphatic rings. The molecule has 1 aromatic carbocycles. The van der Waals surface area contributed by atoms with E-state index in [4.69, 9.17) is 9.90 Å². The molecule has 1 saturated heterocycles. The summed E-state index contributed by atoms with van der Waals surface area (Å²) >= 11 is 0. The van der Waals surface area contributed by atoms with Gasteiger partial charge >= 0.3 is 12.1 Å². The van der Waals surface area contributed by atoms with E-state index in [2.05, 4.69) is 41.5 Å². The van der Waals surface area contributed by atoms with Crippen molar-refractivity contribution in [1.82, 2.24) is 15.5 Å². The lowest BCUT2D eigenvalue weighted by molar-refractivity contribution is -0.192. The SMILES string of the molecule is CCCCN(CC)Cc1cccc(CNC(=O)CC2CC(=O)NC(=O)C2)c1.O=C(O)C(F)(F)F. The Kier molecular flexibility index (Phi) is 12.3. The van der Waals surface area contributed by atoms with E-state index in [9.17, 15) is 27.6 Å². The van der Waals surface area contributed by atoms with Crippen LogP contribution >= 0.6 is 0 Å². The number of hydrogen-bond donors (Lipinski definition) is 3. The van der Waals surface area contributed by atoms with Crippen molar-refractivity contribution in [3.8, 4) is 0 Å². The molecule has 2 rings (SSSR count). The van der Waals surface area contributed by atoms with E-state index in [0.29, 0.717) is 6.54 Å². The minimum atomic E-state index is -5.08. The van der Waals surface area contributed by atoms with E-state index in [1.807, 2.05) is 12.1 Å². The third-order valence-electron chi connectivity index (χ3n) is 5.11. The van der Waals surface area contributed by atoms with Crippen molar-refractivity contribution in [2.24, 2.45) is 5.92 Å². The van der Waals surface area contributed by atoms with Crippen molar-refractivity contribution in [2.45, 2.75) is 65.2 Å². The highest BCUT2D eigenvalue weighted by molar-refractivity contribution is 5.98. The number of hydrogen-bond acceptors (Lipinski definition) is 5. The minimum Gasteiger partial charge on any atom is -0.475 e. The van der Waals surface area contributed by atoms with Crippen LogP contribution in [0.3, 0.4) is 0 Å². The number of carbonyl (C=O) groups excluding carboxylic acids is 3. The molecule has 0 saturated carbocycles. The molecular weight excluding hydrogens is 455 g/mol. The van der Waals surface area contributed by atoms with Crippen LogP contribution in [0.4, 0.5) is 13.2 Å². The molecule has 0 atom stereocenters. The molecule has 0 radical (unpaired) electrons. The van der Waals surface area contributed by atoms with Gasteiger partial charge in [-0.3, -0.25) is 24.6 Å². The molecule has 1 fully saturated rings. The summed E-state index contributed by atoms with van der Waals surface area (Å²) in [5.74, 6) is -3.66. The number of nitrogens with one attached hydrogen (secondary N) is 2. The predicted molar refractivity (Wildman–Crippen MR) is 118 cm³/mol. The van der Waals surface area contributed by atoms with Gasteiger partial charge in [0.15, 0.2) is 0 Å². The number of alkyl halides is 3. The molecular formula is C23H32F3N3O5. The van der Waals surface area contributed by atoms with Crippen molar-refractivity contribution < 1.29 is 37.5 Å². The Hall–Kier alpha value is -2.95. The number of aliphatic carboxylic acids is 1. The normalized spacial score (nSPS) is 14.3. The quantitative estimate of drug-likeness (QED) is 0.437. The zero-order valence-electron chi connectivity index (χ0n) is 19.4. The van der Waals surface area contributed by atoms with Gasteiger partial charge in [-0.25, -0.2) is 4.79 Å². The van der Waals surface area contributed by atoms with Crippen LogP contribution in [-0.4, -0.2) is 53.0 Å². The van der Waals surface area contributed by atoms with Gasteiger partial charge in [-0.05, 0) is 36.6 Å². The Morgan fingerprint density at radius 3 is 2.26 bits per heavy atom. The lowest BCUT2D eigenvalue weighted by Gasteiger charge is -2.21. The van der Waals surface area contributed by atoms with Crippen LogP contribution in [0.25, 0.3) is 0 Å². The molecule has 0 unspecified atom stereocenters. The molecule has 1 aromatic rings. The van der Waals surface area contributed by atoms with Gasteiger partial charge in [0.2, 0.25) is 17.7 Å². The van der Waals surface area contributed by atoms with Crippen LogP contribution < -0.4 is 10.6 Å². The number of carbonyl (C=O) groups is 4. The third kappa shape index (κ3) is 11.8. The second kappa shape index (κ2) is 14.3. The number of piperidine rings is 1. The highest BCUT2D eigenvalue weighted by Gasteiger charge is 2.38. The highest BCUT2D eigenvalue weighted by Crippen LogP contribution is 2.17. The second-order valence-corrected chi connectivity index (χ2v) is 8.07. The summed E-state index contributed by atoms with van der Waals surface area (Å²) in [4.78, 5) is 46.3. The van der Waals surface area contributed by atoms with Crippen LogP contribution in [0.1, 0.15) is 57.1 Å². The molecule has 0 bridgehead atoms. The molecule has 1 aliphatic heterocycles. The van der Waals surface area contributed by atoms with Gasteiger partial charge in [0.25, 0.3) is 0 Å². The fourth-order valence-corrected chi connectivity index (χ4v) is 3.36. The van der Waals surface area contributed by atoms with Gasteiger partial charge in [0, 0.05) is 32.4 Å². The number of nitrogens with zero attached hydrogens (tertiary/aromatic N) is 1. The molecule has 3 amide bonds. The van der Waals surface area contributed by atoms with E-state index in [-0.39, 0.29) is 42.9 Å². The average Bonchev–Trinajstić information content (AvgIpc) is 2.74. The number of carboxylic acid groups (broad SMARTS) is 1. The van der Waals surface area contributed by atoms with Gasteiger partial charge in [-0.1, -0.05) is 44.5 Å². The van der Waals surface area contributed by atoms with Gasteiger partial charge in [-0.2, -0.15) is 13.2 Å². The molecule has 190 valence electrons. The maximum atomic E-state index is 12.2. The Bertz CT molecular complexity index is 829. The number of carboxylic acids is 1. The number of halogens is 3. The minimum absolute atomic E-state index is 0.119. The average molecular weight is 488 g/mol. The second-order valence-electron chi connectivity index (χ2n) is 8.07. The lowest BCUT2D eigenvalue weighted by Crippen LogP contribution is -2.40. The molecule has 1 heterocycles. The lowest BCUT2D eigenvalue weighted by atomic mass is 9.93. The standard InChI is InChI=1S/C21H31N3O3.C2HF3O2/c1-3-5-9-24(4-2)15-17-8-6-7-16(10-17)14-22-19(25)11-18-12-20(26)23-21(27)13-18;3-2(4,5)1(6)7/h6-8,10,18H,3-5,9,11-15H2,1-2H3,(H,22,25)(H,23,26,27);(H,6,7). The summed E-state index contributed by atoms with van der Waals surface area (Å²) in [5.41, 5.74) is 2.30. The van der Waals surface area contributed by atoms with Gasteiger partial charge in [0.1, 0.15) is 0 Å². The summed E-state index contributed by atoms with van der Waals surface area (Å²) in [7, 11) is 0. The summed E-state index contributed by atoms with van der Waals surface area (Å²) in [6.07, 6.45) is -2.01. The molecule has 0 spiro atoms. The third-order valence-corrected chi connectivity index (χ3v) is 5.11. The maximum absolute atomic E-state index is 12.2. The van der Waals surface area contributed by atoms with Crippen LogP contribution in [0.15, 0.2) is 24.3 Å². The fraction of sp³-hybridized carbons (Fsp3) is 0.565. The van der Waals surface area contributed by atoms with Crippen molar-refractivity contribution in [3.63, 3.8) is 0 Å². The van der Waals surface area contributed by atoms with Crippen molar-refractivity contribution in [1.29, 1.82) is 0 Å². The van der Waals surface area contributed by atoms with Gasteiger partial charge < -0.3 is 10.4 Å². The van der Waals surface area contributed by atoms with E-state index in [0.717, 1.165) is 25.2 Å². The van der Waals surface area contributed by atoms with Crippen molar-refractivity contribution in [2.75, 3.05) is 13.1 Å². The first kappa shape index (κ1) is 29.1. The van der Waals surface area contributed by atoms with Gasteiger partial charge in [0.05, 0.1) is 0 Å². The molecule has 3 N–H and O–H groups in total. The first-order valence-electron chi connectivity index (χ1n) is 11.1. The number of benzene rings is 1. The monoisotopic (exact) mass is 487 g/mol. The largest absolute Gasteiger partial charge is 0.490 e. The Balaban J connectivity index is 0.000000718. The van der Waals surface area contributed by atoms with Crippen LogP contribution in [0.2, 0.25) is 0 Å². The van der Waals surface area contributed by atoms with Crippen molar-refractivity contribution in [3.05, 3.63) is 35.4 Å². The molecule has 0 aliphatic carbocycles. The molecule has 0 aromatic heterocycles. The van der Waals surface area contributed by atoms with E-state index in [1.54, 1.807) is 0 Å². The van der Waals surface area contributed by atoms with Crippen LogP contribution in [-0.2, 0) is 32.3 Å². The first-order chi connectivity index (χ1) is 15.9. The predicted octanol–water partition coefficient (Wildman–Crippen LogP) is 3.00. The number of imide groups is 1. The zero-order valence-corrected chi connectivity index (χ0v) is 19.4. The smallest absolute Gasteiger partial charge is 0.475 e. The molecule has 8 nitrogen and oxygen atoms in total. The zero-order chi connectivity index (χ0) is 25.7. The summed E-state index contributed by atoms with van der Waals surface area (Å²) < 4.78 is 31.7. The Morgan fingerprint density at radius 1 is 1.15 bits per heavy atom. The summed E-state index contributed by atoms with van der Waals surface area (Å²) in [6, 6.07) is 8.27. The highest BCUT2D eigenvalue weighted by atomic mass is 19.4. The van der Waals surface area contributed by atoms with E-state index >= 15 is 0 Å². The topological polar surface area (TPSA) is 116 Å². The first-order valence-corrected chi connectivity index (χ1v) is 11.1. The van der Waals surface area contributed by atoms with E-state index in [1.165, 1.54) is 18.4 Å². The number of rotatable bonds is 10. The van der Waals surface area contributed by atoms with Crippen LogP contribution in [0, 0.1) is 5.92 Å². The Labute approximate surface area is 196 Å². The number of unbranched alkanes of at least 4 members (excludes halogenated alkanes) is 1. The summed E-state index contributed by atoms with van der Waals surface area (Å²) in [5, 5.41) is 12.3. The number of amides is 3.